The van der Waals surface area contributed by atoms with Crippen LogP contribution in [0.2, 0.25) is 0 Å². The number of thiophene rings is 1. The fourth-order valence-corrected chi connectivity index (χ4v) is 5.64. The van der Waals surface area contributed by atoms with Crippen LogP contribution in [0.4, 0.5) is 4.79 Å². The maximum Gasteiger partial charge on any atom is 0.317 e. The lowest BCUT2D eigenvalue weighted by molar-refractivity contribution is -0.149. The highest BCUT2D eigenvalue weighted by Gasteiger charge is 2.56. The molecule has 1 aromatic heterocycles. The normalized spacial score (nSPS) is 32.1. The number of fused-ring (bicyclic) bond motifs is 2. The number of nitrogens with one attached hydrogen (secondary N) is 1. The Kier molecular flexibility index (Phi) is 4.24. The molecule has 25 heavy (non-hydrogen) atoms. The summed E-state index contributed by atoms with van der Waals surface area (Å²) in [7, 11) is 0. The third-order valence-electron chi connectivity index (χ3n) is 6.10. The molecule has 2 fully saturated rings. The van der Waals surface area contributed by atoms with Gasteiger partial charge in [0, 0.05) is 24.4 Å². The Morgan fingerprint density at radius 3 is 3.12 bits per heavy atom. The average molecular weight is 364 g/mol. The van der Waals surface area contributed by atoms with Crippen molar-refractivity contribution in [1.29, 1.82) is 0 Å². The largest absolute Gasteiger partial charge is 0.481 e. The summed E-state index contributed by atoms with van der Waals surface area (Å²) >= 11 is 1.74. The third kappa shape index (κ3) is 2.73. The number of carboxylic acid groups (broad SMARTS) is 1. The molecule has 1 saturated heterocycles. The average Bonchev–Trinajstić information content (AvgIpc) is 3.27. The van der Waals surface area contributed by atoms with Crippen LogP contribution < -0.4 is 5.32 Å². The summed E-state index contributed by atoms with van der Waals surface area (Å²) in [5.41, 5.74) is 0.437. The number of aliphatic carboxylic acids is 1. The molecule has 0 aromatic carbocycles. The number of carbonyl (C=O) groups excluding carboxylic acids is 1. The number of nitrogens with zero attached hydrogens (tertiary/aromatic N) is 1. The summed E-state index contributed by atoms with van der Waals surface area (Å²) in [4.78, 5) is 27.5. The Hall–Kier alpha value is -1.60. The highest BCUT2D eigenvalue weighted by atomic mass is 32.1. The van der Waals surface area contributed by atoms with E-state index in [2.05, 4.69) is 16.8 Å². The first-order valence-corrected chi connectivity index (χ1v) is 9.86. The molecular formula is C18H24N2O4S. The molecule has 1 aromatic rings. The van der Waals surface area contributed by atoms with Crippen LogP contribution in [0.15, 0.2) is 11.4 Å². The van der Waals surface area contributed by atoms with Crippen LogP contribution in [0.25, 0.3) is 0 Å². The molecule has 2 unspecified atom stereocenters. The summed E-state index contributed by atoms with van der Waals surface area (Å²) in [6.07, 6.45) is 3.32. The van der Waals surface area contributed by atoms with E-state index in [9.17, 15) is 14.7 Å². The van der Waals surface area contributed by atoms with Crippen molar-refractivity contribution in [3.8, 4) is 0 Å². The number of likely N-dealkylation sites (tertiary alicyclic amines) is 1. The van der Waals surface area contributed by atoms with Crippen LogP contribution in [0.5, 0.6) is 0 Å². The molecule has 4 atom stereocenters. The number of hydrogen-bond donors (Lipinski definition) is 2. The lowest BCUT2D eigenvalue weighted by Gasteiger charge is -2.31. The van der Waals surface area contributed by atoms with Crippen LogP contribution in [-0.2, 0) is 16.0 Å². The SMILES string of the molecule is CC(NC(=O)N1C[C@@H]2CCC[C@@]2(C(=O)O)C1)C1OCCc2sccc21. The van der Waals surface area contributed by atoms with Crippen molar-refractivity contribution in [2.45, 2.75) is 44.8 Å². The maximum absolute atomic E-state index is 12.7. The van der Waals surface area contributed by atoms with E-state index in [-0.39, 0.29) is 24.1 Å². The minimum Gasteiger partial charge on any atom is -0.481 e. The Morgan fingerprint density at radius 2 is 2.36 bits per heavy atom. The van der Waals surface area contributed by atoms with Gasteiger partial charge in [-0.1, -0.05) is 6.42 Å². The Bertz CT molecular complexity index is 690. The molecule has 0 radical (unpaired) electrons. The van der Waals surface area contributed by atoms with Gasteiger partial charge >= 0.3 is 12.0 Å². The Labute approximate surface area is 151 Å². The smallest absolute Gasteiger partial charge is 0.317 e. The lowest BCUT2D eigenvalue weighted by Crippen LogP contribution is -2.47. The predicted molar refractivity (Wildman–Crippen MR) is 93.7 cm³/mol. The number of ether oxygens (including phenoxy) is 1. The number of amides is 2. The van der Waals surface area contributed by atoms with Gasteiger partial charge in [0.05, 0.1) is 18.1 Å². The number of rotatable bonds is 3. The fraction of sp³-hybridized carbons (Fsp3) is 0.667. The quantitative estimate of drug-likeness (QED) is 0.864. The van der Waals surface area contributed by atoms with Gasteiger partial charge in [-0.3, -0.25) is 4.79 Å². The van der Waals surface area contributed by atoms with E-state index in [0.717, 1.165) is 19.3 Å². The number of carbonyl (C=O) groups is 2. The van der Waals surface area contributed by atoms with Crippen LogP contribution in [0, 0.1) is 11.3 Å². The van der Waals surface area contributed by atoms with E-state index in [1.165, 1.54) is 10.4 Å². The van der Waals surface area contributed by atoms with E-state index in [1.54, 1.807) is 16.2 Å². The van der Waals surface area contributed by atoms with Gasteiger partial charge < -0.3 is 20.1 Å². The van der Waals surface area contributed by atoms with Gasteiger partial charge in [-0.25, -0.2) is 4.79 Å². The van der Waals surface area contributed by atoms with E-state index in [4.69, 9.17) is 4.74 Å². The molecule has 7 heteroatoms. The molecule has 2 amide bonds. The van der Waals surface area contributed by atoms with Crippen LogP contribution in [0.3, 0.4) is 0 Å². The summed E-state index contributed by atoms with van der Waals surface area (Å²) < 4.78 is 5.90. The summed E-state index contributed by atoms with van der Waals surface area (Å²) in [5, 5.41) is 14.8. The first-order chi connectivity index (χ1) is 12.0. The number of carboxylic acids is 1. The fourth-order valence-electron chi connectivity index (χ4n) is 4.74. The van der Waals surface area contributed by atoms with Gasteiger partial charge in [0.15, 0.2) is 0 Å². The minimum absolute atomic E-state index is 0.0838. The van der Waals surface area contributed by atoms with Crippen LogP contribution in [0.1, 0.15) is 42.7 Å². The van der Waals surface area contributed by atoms with E-state index in [0.29, 0.717) is 26.1 Å². The van der Waals surface area contributed by atoms with Crippen molar-refractivity contribution in [2.24, 2.45) is 11.3 Å². The highest BCUT2D eigenvalue weighted by Crippen LogP contribution is 2.48. The second kappa shape index (κ2) is 6.29. The molecule has 1 saturated carbocycles. The minimum atomic E-state index is -0.753. The van der Waals surface area contributed by atoms with Gasteiger partial charge in [-0.2, -0.15) is 0 Å². The Balaban J connectivity index is 1.43. The van der Waals surface area contributed by atoms with Crippen molar-refractivity contribution >= 4 is 23.3 Å². The Morgan fingerprint density at radius 1 is 1.52 bits per heavy atom. The monoisotopic (exact) mass is 364 g/mol. The summed E-state index contributed by atoms with van der Waals surface area (Å²) in [6, 6.07) is 1.75. The molecular weight excluding hydrogens is 340 g/mol. The maximum atomic E-state index is 12.7. The van der Waals surface area contributed by atoms with Gasteiger partial charge in [0.2, 0.25) is 0 Å². The molecule has 6 nitrogen and oxygen atoms in total. The second-order valence-electron chi connectivity index (χ2n) is 7.51. The third-order valence-corrected chi connectivity index (χ3v) is 7.10. The van der Waals surface area contributed by atoms with E-state index >= 15 is 0 Å². The second-order valence-corrected chi connectivity index (χ2v) is 8.51. The zero-order chi connectivity index (χ0) is 17.6. The van der Waals surface area contributed by atoms with Gasteiger partial charge in [-0.05, 0) is 42.7 Å². The zero-order valence-electron chi connectivity index (χ0n) is 14.4. The summed E-state index contributed by atoms with van der Waals surface area (Å²) in [5.74, 6) is -0.669. The molecule has 2 N–H and O–H groups in total. The van der Waals surface area contributed by atoms with Crippen molar-refractivity contribution in [2.75, 3.05) is 19.7 Å². The molecule has 0 spiro atoms. The molecule has 2 aliphatic heterocycles. The summed E-state index contributed by atoms with van der Waals surface area (Å²) in [6.45, 7) is 3.49. The molecule has 136 valence electrons. The molecule has 1 aliphatic carbocycles. The lowest BCUT2D eigenvalue weighted by atomic mass is 9.81. The first kappa shape index (κ1) is 16.8. The van der Waals surface area contributed by atoms with Crippen molar-refractivity contribution in [3.05, 3.63) is 21.9 Å². The van der Waals surface area contributed by atoms with Crippen LogP contribution >= 0.6 is 11.3 Å². The van der Waals surface area contributed by atoms with Gasteiger partial charge in [0.25, 0.3) is 0 Å². The van der Waals surface area contributed by atoms with E-state index < -0.39 is 11.4 Å². The molecule has 3 aliphatic rings. The highest BCUT2D eigenvalue weighted by molar-refractivity contribution is 7.10. The predicted octanol–water partition coefficient (Wildman–Crippen LogP) is 2.65. The molecule has 4 rings (SSSR count). The molecule has 0 bridgehead atoms. The van der Waals surface area contributed by atoms with Gasteiger partial charge in [-0.15, -0.1) is 11.3 Å². The topological polar surface area (TPSA) is 78.9 Å². The van der Waals surface area contributed by atoms with Crippen molar-refractivity contribution in [3.63, 3.8) is 0 Å². The standard InChI is InChI=1S/C18H24N2O4S/c1-11(15-13-5-8-25-14(13)4-7-24-15)19-17(23)20-9-12-3-2-6-18(12,10-20)16(21)22/h5,8,11-12,15H,2-4,6-7,9-10H2,1H3,(H,19,23)(H,21,22)/t11?,12-,15?,18+/m0/s1. The van der Waals surface area contributed by atoms with Crippen molar-refractivity contribution in [1.82, 2.24) is 10.2 Å². The zero-order valence-corrected chi connectivity index (χ0v) is 15.2. The van der Waals surface area contributed by atoms with Crippen molar-refractivity contribution < 1.29 is 19.4 Å². The number of urea groups is 1. The molecule has 3 heterocycles. The van der Waals surface area contributed by atoms with E-state index in [1.807, 2.05) is 6.92 Å². The first-order valence-electron chi connectivity index (χ1n) is 8.98. The van der Waals surface area contributed by atoms with Crippen LogP contribution in [-0.4, -0.2) is 47.7 Å². The number of hydrogen-bond acceptors (Lipinski definition) is 4. The van der Waals surface area contributed by atoms with Gasteiger partial charge in [0.1, 0.15) is 6.10 Å².